The first-order valence-corrected chi connectivity index (χ1v) is 12.0. The molecule has 0 aliphatic carbocycles. The summed E-state index contributed by atoms with van der Waals surface area (Å²) in [5.74, 6) is 0.200. The first kappa shape index (κ1) is 24.0. The number of carbonyl (C=O) groups is 2. The number of carbonyl (C=O) groups excluding carboxylic acids is 2. The molecule has 3 rings (SSSR count). The van der Waals surface area contributed by atoms with Gasteiger partial charge in [-0.25, -0.2) is 0 Å². The van der Waals surface area contributed by atoms with Gasteiger partial charge in [-0.2, -0.15) is 0 Å². The Morgan fingerprint density at radius 1 is 1.16 bits per heavy atom. The van der Waals surface area contributed by atoms with Crippen LogP contribution in [0.4, 0.5) is 0 Å². The van der Waals surface area contributed by atoms with Crippen LogP contribution in [0.2, 0.25) is 0 Å². The number of nitrogens with zero attached hydrogens (tertiary/aromatic N) is 3. The summed E-state index contributed by atoms with van der Waals surface area (Å²) >= 11 is 3.34. The number of amides is 1. The smallest absolute Gasteiger partial charge is 0.306 e. The molecule has 1 aromatic carbocycles. The van der Waals surface area contributed by atoms with E-state index in [1.165, 1.54) is 7.11 Å². The van der Waals surface area contributed by atoms with Gasteiger partial charge in [-0.1, -0.05) is 13.0 Å². The zero-order valence-electron chi connectivity index (χ0n) is 18.6. The molecule has 0 radical (unpaired) electrons. The fourth-order valence-corrected chi connectivity index (χ4v) is 5.02. The van der Waals surface area contributed by atoms with Gasteiger partial charge in [-0.15, -0.1) is 0 Å². The van der Waals surface area contributed by atoms with Crippen LogP contribution in [0.15, 0.2) is 22.7 Å². The van der Waals surface area contributed by atoms with Gasteiger partial charge in [0.1, 0.15) is 5.75 Å². The van der Waals surface area contributed by atoms with E-state index >= 15 is 0 Å². The third-order valence-corrected chi connectivity index (χ3v) is 7.17. The average Bonchev–Trinajstić information content (AvgIpc) is 2.79. The lowest BCUT2D eigenvalue weighted by atomic mass is 9.98. The minimum atomic E-state index is -0.143. The van der Waals surface area contributed by atoms with Gasteiger partial charge in [0.05, 0.1) is 18.0 Å². The topological polar surface area (TPSA) is 73.3 Å². The van der Waals surface area contributed by atoms with Gasteiger partial charge in [0.15, 0.2) is 0 Å². The van der Waals surface area contributed by atoms with Gasteiger partial charge < -0.3 is 19.6 Å². The van der Waals surface area contributed by atoms with Crippen molar-refractivity contribution in [2.75, 3.05) is 52.9 Å². The molecule has 2 aliphatic rings. The number of hydrogen-bond donors (Lipinski definition) is 1. The van der Waals surface area contributed by atoms with Crippen LogP contribution in [-0.2, 0) is 20.7 Å². The Morgan fingerprint density at radius 2 is 1.84 bits per heavy atom. The number of phenols is 1. The molecule has 1 N–H and O–H groups in total. The van der Waals surface area contributed by atoms with E-state index in [-0.39, 0.29) is 23.5 Å². The summed E-state index contributed by atoms with van der Waals surface area (Å²) in [4.78, 5) is 31.1. The molecule has 0 unspecified atom stereocenters. The Hall–Kier alpha value is -1.64. The molecule has 2 heterocycles. The van der Waals surface area contributed by atoms with E-state index in [1.54, 1.807) is 6.07 Å². The number of rotatable bonds is 7. The molecule has 0 saturated carbocycles. The molecule has 2 saturated heterocycles. The largest absolute Gasteiger partial charge is 0.507 e. The molecular formula is C23H34BrN3O4. The molecule has 172 valence electrons. The highest BCUT2D eigenvalue weighted by Gasteiger charge is 2.30. The molecule has 7 nitrogen and oxygen atoms in total. The average molecular weight is 496 g/mol. The second-order valence-corrected chi connectivity index (χ2v) is 9.51. The summed E-state index contributed by atoms with van der Waals surface area (Å²) < 4.78 is 5.39. The van der Waals surface area contributed by atoms with Crippen molar-refractivity contribution in [1.29, 1.82) is 0 Å². The number of piperidine rings is 1. The number of hydrogen-bond acceptors (Lipinski definition) is 6. The van der Waals surface area contributed by atoms with Gasteiger partial charge in [-0.05, 0) is 66.0 Å². The summed E-state index contributed by atoms with van der Waals surface area (Å²) in [5.41, 5.74) is 1.04. The zero-order valence-corrected chi connectivity index (χ0v) is 20.1. The predicted molar refractivity (Wildman–Crippen MR) is 123 cm³/mol. The van der Waals surface area contributed by atoms with Crippen LogP contribution in [0.25, 0.3) is 0 Å². The summed E-state index contributed by atoms with van der Waals surface area (Å²) in [6, 6.07) is 5.99. The maximum atomic E-state index is 12.9. The number of likely N-dealkylation sites (tertiary alicyclic amines) is 1. The van der Waals surface area contributed by atoms with E-state index in [0.717, 1.165) is 64.2 Å². The Labute approximate surface area is 193 Å². The highest BCUT2D eigenvalue weighted by Crippen LogP contribution is 2.26. The Balaban J connectivity index is 1.40. The van der Waals surface area contributed by atoms with E-state index in [1.807, 2.05) is 24.0 Å². The summed E-state index contributed by atoms with van der Waals surface area (Å²) in [6.07, 6.45) is 3.35. The molecule has 31 heavy (non-hydrogen) atoms. The van der Waals surface area contributed by atoms with E-state index in [0.29, 0.717) is 23.4 Å². The van der Waals surface area contributed by atoms with Crippen molar-refractivity contribution in [2.24, 2.45) is 5.92 Å². The second-order valence-electron chi connectivity index (χ2n) is 8.65. The molecule has 0 spiro atoms. The molecule has 0 bridgehead atoms. The monoisotopic (exact) mass is 495 g/mol. The lowest BCUT2D eigenvalue weighted by Crippen LogP contribution is -2.55. The number of aromatic hydroxyl groups is 1. The van der Waals surface area contributed by atoms with E-state index in [2.05, 4.69) is 25.7 Å². The van der Waals surface area contributed by atoms with Crippen molar-refractivity contribution in [1.82, 2.24) is 14.7 Å². The van der Waals surface area contributed by atoms with Gasteiger partial charge in [0.25, 0.3) is 0 Å². The molecule has 0 aromatic heterocycles. The number of esters is 1. The standard InChI is InChI=1S/C23H34BrN3O4/c1-17(15-18-3-4-21(28)20(24)16-18)23(30)27-13-11-26(12-14-27)19-5-8-25(9-6-19)10-7-22(29)31-2/h3-4,16-17,19,28H,5-15H2,1-2H3/t17-/m1/s1. The number of methoxy groups -OCH3 is 1. The fourth-order valence-electron chi connectivity index (χ4n) is 4.60. The molecule has 1 amide bonds. The lowest BCUT2D eigenvalue weighted by molar-refractivity contribution is -0.141. The van der Waals surface area contributed by atoms with Crippen LogP contribution in [0.1, 0.15) is 31.7 Å². The second kappa shape index (κ2) is 11.3. The predicted octanol–water partition coefficient (Wildman–Crippen LogP) is 2.51. The third kappa shape index (κ3) is 6.67. The van der Waals surface area contributed by atoms with Gasteiger partial charge >= 0.3 is 5.97 Å². The number of piperazine rings is 1. The molecule has 8 heteroatoms. The highest BCUT2D eigenvalue weighted by atomic mass is 79.9. The fraction of sp³-hybridized carbons (Fsp3) is 0.652. The van der Waals surface area contributed by atoms with Crippen molar-refractivity contribution in [3.05, 3.63) is 28.2 Å². The molecule has 2 aliphatic heterocycles. The van der Waals surface area contributed by atoms with Crippen molar-refractivity contribution in [3.63, 3.8) is 0 Å². The molecule has 2 fully saturated rings. The van der Waals surface area contributed by atoms with Gasteiger partial charge in [-0.3, -0.25) is 14.5 Å². The van der Waals surface area contributed by atoms with Gasteiger partial charge in [0.2, 0.25) is 5.91 Å². The number of phenolic OH excluding ortho intramolecular Hbond substituents is 1. The van der Waals surface area contributed by atoms with Crippen LogP contribution in [0, 0.1) is 5.92 Å². The van der Waals surface area contributed by atoms with Crippen molar-refractivity contribution < 1.29 is 19.4 Å². The SMILES string of the molecule is COC(=O)CCN1CCC(N2CCN(C(=O)[C@H](C)Cc3ccc(O)c(Br)c3)CC2)CC1. The third-order valence-electron chi connectivity index (χ3n) is 6.53. The van der Waals surface area contributed by atoms with Gasteiger partial charge in [0, 0.05) is 44.7 Å². The van der Waals surface area contributed by atoms with E-state index < -0.39 is 0 Å². The zero-order chi connectivity index (χ0) is 22.4. The molecular weight excluding hydrogens is 462 g/mol. The first-order valence-electron chi connectivity index (χ1n) is 11.2. The summed E-state index contributed by atoms with van der Waals surface area (Å²) in [6.45, 7) is 8.21. The van der Waals surface area contributed by atoms with Crippen molar-refractivity contribution in [2.45, 2.75) is 38.6 Å². The Kier molecular flexibility index (Phi) is 8.75. The lowest BCUT2D eigenvalue weighted by Gasteiger charge is -2.43. The Morgan fingerprint density at radius 3 is 2.45 bits per heavy atom. The maximum absolute atomic E-state index is 12.9. The summed E-state index contributed by atoms with van der Waals surface area (Å²) in [7, 11) is 1.44. The highest BCUT2D eigenvalue weighted by molar-refractivity contribution is 9.10. The van der Waals surface area contributed by atoms with Crippen LogP contribution >= 0.6 is 15.9 Å². The van der Waals surface area contributed by atoms with Crippen molar-refractivity contribution in [3.8, 4) is 5.75 Å². The number of benzene rings is 1. The Bertz CT molecular complexity index is 759. The van der Waals surface area contributed by atoms with Crippen LogP contribution in [-0.4, -0.2) is 90.6 Å². The van der Waals surface area contributed by atoms with Crippen LogP contribution < -0.4 is 0 Å². The van der Waals surface area contributed by atoms with Crippen LogP contribution in [0.5, 0.6) is 5.75 Å². The van der Waals surface area contributed by atoms with E-state index in [9.17, 15) is 14.7 Å². The van der Waals surface area contributed by atoms with E-state index in [4.69, 9.17) is 4.74 Å². The minimum absolute atomic E-state index is 0.0824. The first-order chi connectivity index (χ1) is 14.9. The summed E-state index contributed by atoms with van der Waals surface area (Å²) in [5, 5.41) is 9.65. The molecule has 1 atom stereocenters. The molecule has 1 aromatic rings. The number of halogens is 1. The van der Waals surface area contributed by atoms with Crippen molar-refractivity contribution >= 4 is 27.8 Å². The maximum Gasteiger partial charge on any atom is 0.306 e. The minimum Gasteiger partial charge on any atom is -0.507 e. The normalized spacial score (nSPS) is 19.9. The van der Waals surface area contributed by atoms with Crippen LogP contribution in [0.3, 0.4) is 0 Å². The quantitative estimate of drug-likeness (QED) is 0.585. The number of ether oxygens (including phenoxy) is 1.